The van der Waals surface area contributed by atoms with Crippen molar-refractivity contribution in [2.45, 2.75) is 0 Å². The molecule has 0 spiro atoms. The molecule has 2 nitrogen and oxygen atoms in total. The second-order valence-electron chi connectivity index (χ2n) is 10.7. The van der Waals surface area contributed by atoms with Crippen LogP contribution in [0.25, 0.3) is 82.0 Å². The molecule has 0 saturated heterocycles. The smallest absolute Gasteiger partial charge is 0.0562 e. The number of nitrogens with one attached hydrogen (secondary N) is 1. The van der Waals surface area contributed by atoms with Crippen molar-refractivity contribution in [1.82, 2.24) is 9.55 Å². The Labute approximate surface area is 230 Å². The minimum absolute atomic E-state index is 1.16. The Hall–Kier alpha value is -5.34. The van der Waals surface area contributed by atoms with E-state index >= 15 is 0 Å². The summed E-state index contributed by atoms with van der Waals surface area (Å²) in [7, 11) is 0. The first-order chi connectivity index (χ1) is 19.8. The van der Waals surface area contributed by atoms with Gasteiger partial charge in [0.05, 0.1) is 11.0 Å². The zero-order chi connectivity index (χ0) is 26.2. The van der Waals surface area contributed by atoms with Gasteiger partial charge < -0.3 is 9.55 Å². The number of hydrogen-bond acceptors (Lipinski definition) is 0. The first-order valence-electron chi connectivity index (χ1n) is 13.8. The first-order valence-corrected chi connectivity index (χ1v) is 13.8. The molecule has 0 aliphatic heterocycles. The SMILES string of the molecule is c1ccc(-c2cccc3cc(-n4c5cc6[nH]c7ccccc7c6cc5c5c6ccccc6ccc54)ccc23)cc1. The molecule has 2 heterocycles. The molecule has 2 aromatic heterocycles. The second-order valence-corrected chi connectivity index (χ2v) is 10.7. The third kappa shape index (κ3) is 2.99. The van der Waals surface area contributed by atoms with Gasteiger partial charge in [0.1, 0.15) is 0 Å². The minimum Gasteiger partial charge on any atom is -0.354 e. The normalized spacial score (nSPS) is 12.0. The Morgan fingerprint density at radius 1 is 0.425 bits per heavy atom. The van der Waals surface area contributed by atoms with Crippen LogP contribution in [0.15, 0.2) is 140 Å². The maximum Gasteiger partial charge on any atom is 0.0562 e. The van der Waals surface area contributed by atoms with Gasteiger partial charge in [-0.3, -0.25) is 0 Å². The highest BCUT2D eigenvalue weighted by Crippen LogP contribution is 2.41. The molecule has 1 N–H and O–H groups in total. The van der Waals surface area contributed by atoms with Crippen molar-refractivity contribution < 1.29 is 0 Å². The van der Waals surface area contributed by atoms with Crippen LogP contribution in [-0.2, 0) is 0 Å². The van der Waals surface area contributed by atoms with Gasteiger partial charge in [-0.05, 0) is 69.1 Å². The highest BCUT2D eigenvalue weighted by Gasteiger charge is 2.18. The molecule has 0 aliphatic rings. The summed E-state index contributed by atoms with van der Waals surface area (Å²) >= 11 is 0. The van der Waals surface area contributed by atoms with E-state index in [1.165, 1.54) is 76.5 Å². The lowest BCUT2D eigenvalue weighted by Crippen LogP contribution is -1.94. The quantitative estimate of drug-likeness (QED) is 0.240. The molecule has 0 radical (unpaired) electrons. The lowest BCUT2D eigenvalue weighted by molar-refractivity contribution is 1.19. The fourth-order valence-electron chi connectivity index (χ4n) is 6.69. The number of fused-ring (bicyclic) bond motifs is 9. The molecule has 0 saturated carbocycles. The Bertz CT molecular complexity index is 2420. The number of benzene rings is 7. The van der Waals surface area contributed by atoms with E-state index in [4.69, 9.17) is 0 Å². The molecule has 40 heavy (non-hydrogen) atoms. The third-order valence-corrected chi connectivity index (χ3v) is 8.49. The van der Waals surface area contributed by atoms with E-state index in [0.29, 0.717) is 0 Å². The van der Waals surface area contributed by atoms with Crippen LogP contribution in [0.5, 0.6) is 0 Å². The molecule has 7 aromatic carbocycles. The van der Waals surface area contributed by atoms with Gasteiger partial charge in [-0.2, -0.15) is 0 Å². The number of aromatic nitrogens is 2. The van der Waals surface area contributed by atoms with E-state index in [-0.39, 0.29) is 0 Å². The van der Waals surface area contributed by atoms with Gasteiger partial charge in [0.2, 0.25) is 0 Å². The number of para-hydroxylation sites is 1. The van der Waals surface area contributed by atoms with Crippen LogP contribution in [0.4, 0.5) is 0 Å². The van der Waals surface area contributed by atoms with Crippen molar-refractivity contribution in [3.8, 4) is 16.8 Å². The lowest BCUT2D eigenvalue weighted by atomic mass is 9.98. The van der Waals surface area contributed by atoms with Crippen molar-refractivity contribution in [3.63, 3.8) is 0 Å². The summed E-state index contributed by atoms with van der Waals surface area (Å²) in [5, 5.41) is 10.2. The van der Waals surface area contributed by atoms with E-state index in [2.05, 4.69) is 149 Å². The minimum atomic E-state index is 1.16. The average molecular weight is 509 g/mol. The van der Waals surface area contributed by atoms with E-state index in [1.54, 1.807) is 0 Å². The summed E-state index contributed by atoms with van der Waals surface area (Å²) in [6.07, 6.45) is 0. The molecule has 2 heteroatoms. The van der Waals surface area contributed by atoms with Gasteiger partial charge in [0, 0.05) is 38.3 Å². The zero-order valence-electron chi connectivity index (χ0n) is 21.7. The zero-order valence-corrected chi connectivity index (χ0v) is 21.7. The van der Waals surface area contributed by atoms with Crippen molar-refractivity contribution in [2.24, 2.45) is 0 Å². The fourth-order valence-corrected chi connectivity index (χ4v) is 6.69. The number of aromatic amines is 1. The van der Waals surface area contributed by atoms with Gasteiger partial charge in [-0.1, -0.05) is 103 Å². The Balaban J connectivity index is 1.40. The lowest BCUT2D eigenvalue weighted by Gasteiger charge is -2.12. The van der Waals surface area contributed by atoms with Gasteiger partial charge in [-0.25, -0.2) is 0 Å². The Kier molecular flexibility index (Phi) is 4.36. The molecule has 0 fully saturated rings. The van der Waals surface area contributed by atoms with Crippen molar-refractivity contribution in [2.75, 3.05) is 0 Å². The molecule has 9 aromatic rings. The predicted octanol–water partition coefficient (Wildman–Crippen LogP) is 10.4. The molecule has 0 atom stereocenters. The average Bonchev–Trinajstić information content (AvgIpc) is 3.54. The summed E-state index contributed by atoms with van der Waals surface area (Å²) in [6.45, 7) is 0. The highest BCUT2D eigenvalue weighted by molar-refractivity contribution is 6.25. The van der Waals surface area contributed by atoms with Crippen LogP contribution in [0.1, 0.15) is 0 Å². The van der Waals surface area contributed by atoms with Gasteiger partial charge >= 0.3 is 0 Å². The van der Waals surface area contributed by atoms with Gasteiger partial charge in [-0.15, -0.1) is 0 Å². The Morgan fingerprint density at radius 3 is 2.15 bits per heavy atom. The predicted molar refractivity (Wildman–Crippen MR) is 171 cm³/mol. The number of H-pyrrole nitrogens is 1. The maximum absolute atomic E-state index is 3.67. The number of hydrogen-bond donors (Lipinski definition) is 1. The molecular weight excluding hydrogens is 484 g/mol. The summed E-state index contributed by atoms with van der Waals surface area (Å²) in [4.78, 5) is 3.67. The topological polar surface area (TPSA) is 20.7 Å². The van der Waals surface area contributed by atoms with Crippen LogP contribution in [0.3, 0.4) is 0 Å². The molecule has 0 unspecified atom stereocenters. The molecule has 9 rings (SSSR count). The van der Waals surface area contributed by atoms with E-state index in [0.717, 1.165) is 5.52 Å². The largest absolute Gasteiger partial charge is 0.354 e. The monoisotopic (exact) mass is 508 g/mol. The van der Waals surface area contributed by atoms with Crippen molar-refractivity contribution >= 4 is 65.2 Å². The number of nitrogens with zero attached hydrogens (tertiary/aromatic N) is 1. The molecule has 186 valence electrons. The summed E-state index contributed by atoms with van der Waals surface area (Å²) in [5.41, 5.74) is 8.44. The molecule has 0 aliphatic carbocycles. The molecular formula is C38H24N2. The highest BCUT2D eigenvalue weighted by atomic mass is 15.0. The first kappa shape index (κ1) is 21.6. The van der Waals surface area contributed by atoms with E-state index in [1.807, 2.05) is 0 Å². The van der Waals surface area contributed by atoms with Gasteiger partial charge in [0.15, 0.2) is 0 Å². The van der Waals surface area contributed by atoms with Gasteiger partial charge in [0.25, 0.3) is 0 Å². The van der Waals surface area contributed by atoms with Crippen LogP contribution >= 0.6 is 0 Å². The summed E-state index contributed by atoms with van der Waals surface area (Å²) in [6, 6.07) is 50.8. The maximum atomic E-state index is 3.67. The summed E-state index contributed by atoms with van der Waals surface area (Å²) < 4.78 is 2.44. The van der Waals surface area contributed by atoms with Crippen LogP contribution in [0.2, 0.25) is 0 Å². The van der Waals surface area contributed by atoms with Crippen LogP contribution in [0, 0.1) is 0 Å². The van der Waals surface area contributed by atoms with Crippen molar-refractivity contribution in [3.05, 3.63) is 140 Å². The van der Waals surface area contributed by atoms with Crippen molar-refractivity contribution in [1.29, 1.82) is 0 Å². The molecule has 0 amide bonds. The molecule has 0 bridgehead atoms. The standard InChI is InChI=1S/C38H24N2/c1-2-9-24(10-3-1)28-15-8-12-26-21-27(18-19-29(26)28)40-36-20-17-25-11-4-5-13-30(25)38(36)33-22-32-31-14-6-7-16-34(31)39-35(32)23-37(33)40/h1-23,39H. The number of rotatable bonds is 2. The fraction of sp³-hybridized carbons (Fsp3) is 0. The summed E-state index contributed by atoms with van der Waals surface area (Å²) in [5.74, 6) is 0. The van der Waals surface area contributed by atoms with Crippen LogP contribution in [-0.4, -0.2) is 9.55 Å². The van der Waals surface area contributed by atoms with E-state index in [9.17, 15) is 0 Å². The Morgan fingerprint density at radius 2 is 1.23 bits per heavy atom. The van der Waals surface area contributed by atoms with Crippen LogP contribution < -0.4 is 0 Å². The second kappa shape index (κ2) is 8.08. The third-order valence-electron chi connectivity index (χ3n) is 8.49. The van der Waals surface area contributed by atoms with E-state index < -0.39 is 0 Å².